The van der Waals surface area contributed by atoms with Gasteiger partial charge < -0.3 is 10.1 Å². The minimum Gasteiger partial charge on any atom is -0.362 e. The van der Waals surface area contributed by atoms with Crippen molar-refractivity contribution < 1.29 is 9.13 Å². The van der Waals surface area contributed by atoms with Gasteiger partial charge in [0.05, 0.1) is 12.7 Å². The van der Waals surface area contributed by atoms with E-state index < -0.39 is 0 Å². The SMILES string of the molecule is CC(C#N)OCCNC(C)c1cccc(F)c1. The molecule has 17 heavy (non-hydrogen) atoms. The van der Waals surface area contributed by atoms with Crippen LogP contribution in [0.5, 0.6) is 0 Å². The van der Waals surface area contributed by atoms with E-state index in [9.17, 15) is 4.39 Å². The predicted molar refractivity (Wildman–Crippen MR) is 63.8 cm³/mol. The minimum atomic E-state index is -0.388. The number of rotatable bonds is 6. The summed E-state index contributed by atoms with van der Waals surface area (Å²) in [5, 5.41) is 11.7. The van der Waals surface area contributed by atoms with Crippen molar-refractivity contribution in [1.82, 2.24) is 5.32 Å². The first-order valence-corrected chi connectivity index (χ1v) is 5.63. The van der Waals surface area contributed by atoms with Crippen LogP contribution in [0.25, 0.3) is 0 Å². The van der Waals surface area contributed by atoms with Gasteiger partial charge in [0.25, 0.3) is 0 Å². The van der Waals surface area contributed by atoms with Crippen LogP contribution in [0.2, 0.25) is 0 Å². The third-order valence-corrected chi connectivity index (χ3v) is 2.45. The predicted octanol–water partition coefficient (Wildman–Crippen LogP) is 2.40. The Labute approximate surface area is 101 Å². The Morgan fingerprint density at radius 3 is 2.88 bits per heavy atom. The fourth-order valence-electron chi connectivity index (χ4n) is 1.44. The number of benzene rings is 1. The van der Waals surface area contributed by atoms with Gasteiger partial charge in [-0.15, -0.1) is 0 Å². The minimum absolute atomic E-state index is 0.0618. The summed E-state index contributed by atoms with van der Waals surface area (Å²) in [7, 11) is 0. The topological polar surface area (TPSA) is 45.0 Å². The quantitative estimate of drug-likeness (QED) is 0.771. The molecule has 1 aromatic carbocycles. The van der Waals surface area contributed by atoms with E-state index in [2.05, 4.69) is 5.32 Å². The molecule has 0 aliphatic carbocycles. The van der Waals surface area contributed by atoms with E-state index >= 15 is 0 Å². The second-order valence-electron chi connectivity index (χ2n) is 3.87. The normalized spacial score (nSPS) is 14.0. The van der Waals surface area contributed by atoms with Gasteiger partial charge in [-0.25, -0.2) is 4.39 Å². The van der Waals surface area contributed by atoms with Crippen LogP contribution in [-0.2, 0) is 4.74 Å². The van der Waals surface area contributed by atoms with Gasteiger partial charge in [0.2, 0.25) is 0 Å². The Balaban J connectivity index is 2.31. The summed E-state index contributed by atoms with van der Waals surface area (Å²) in [6.07, 6.45) is -0.388. The van der Waals surface area contributed by atoms with E-state index in [0.717, 1.165) is 5.56 Å². The molecule has 0 heterocycles. The number of nitrogens with one attached hydrogen (secondary N) is 1. The summed E-state index contributed by atoms with van der Waals surface area (Å²) in [4.78, 5) is 0. The maximum atomic E-state index is 13.0. The first-order valence-electron chi connectivity index (χ1n) is 5.63. The highest BCUT2D eigenvalue weighted by atomic mass is 19.1. The van der Waals surface area contributed by atoms with Gasteiger partial charge in [-0.1, -0.05) is 12.1 Å². The van der Waals surface area contributed by atoms with Crippen LogP contribution in [0, 0.1) is 17.1 Å². The molecular formula is C13H17FN2O. The summed E-state index contributed by atoms with van der Waals surface area (Å²) < 4.78 is 18.2. The van der Waals surface area contributed by atoms with Crippen molar-refractivity contribution in [2.24, 2.45) is 0 Å². The molecule has 0 aliphatic rings. The summed E-state index contributed by atoms with van der Waals surface area (Å²) >= 11 is 0. The van der Waals surface area contributed by atoms with Crippen LogP contribution in [0.1, 0.15) is 25.5 Å². The lowest BCUT2D eigenvalue weighted by Gasteiger charge is -2.14. The lowest BCUT2D eigenvalue weighted by molar-refractivity contribution is 0.103. The summed E-state index contributed by atoms with van der Waals surface area (Å²) in [5.74, 6) is -0.231. The molecule has 0 bridgehead atoms. The molecule has 1 aromatic rings. The molecule has 0 saturated carbocycles. The standard InChI is InChI=1S/C13H17FN2O/c1-10(9-15)17-7-6-16-11(2)12-4-3-5-13(14)8-12/h3-5,8,10-11,16H,6-7H2,1-2H3. The molecule has 92 valence electrons. The van der Waals surface area contributed by atoms with Crippen LogP contribution in [0.4, 0.5) is 4.39 Å². The molecule has 2 unspecified atom stereocenters. The van der Waals surface area contributed by atoms with Crippen LogP contribution in [0.15, 0.2) is 24.3 Å². The zero-order valence-corrected chi connectivity index (χ0v) is 10.1. The third-order valence-electron chi connectivity index (χ3n) is 2.45. The largest absolute Gasteiger partial charge is 0.362 e. The van der Waals surface area contributed by atoms with Crippen molar-refractivity contribution in [3.05, 3.63) is 35.6 Å². The maximum absolute atomic E-state index is 13.0. The van der Waals surface area contributed by atoms with E-state index in [0.29, 0.717) is 13.2 Å². The van der Waals surface area contributed by atoms with Crippen molar-refractivity contribution in [2.75, 3.05) is 13.2 Å². The maximum Gasteiger partial charge on any atom is 0.141 e. The van der Waals surface area contributed by atoms with Crippen molar-refractivity contribution in [1.29, 1.82) is 5.26 Å². The van der Waals surface area contributed by atoms with Crippen LogP contribution < -0.4 is 5.32 Å². The summed E-state index contributed by atoms with van der Waals surface area (Å²) in [5.41, 5.74) is 0.901. The zero-order valence-electron chi connectivity index (χ0n) is 10.1. The Hall–Kier alpha value is -1.44. The number of nitrogens with zero attached hydrogens (tertiary/aromatic N) is 1. The summed E-state index contributed by atoms with van der Waals surface area (Å²) in [6, 6.07) is 8.56. The number of hydrogen-bond acceptors (Lipinski definition) is 3. The molecule has 0 radical (unpaired) electrons. The van der Waals surface area contributed by atoms with Crippen molar-refractivity contribution in [2.45, 2.75) is 26.0 Å². The third kappa shape index (κ3) is 4.94. The molecule has 0 saturated heterocycles. The molecular weight excluding hydrogens is 219 g/mol. The van der Waals surface area contributed by atoms with E-state index in [4.69, 9.17) is 10.00 Å². The first-order chi connectivity index (χ1) is 8.13. The highest BCUT2D eigenvalue weighted by molar-refractivity contribution is 5.19. The Kier molecular flexibility index (Phi) is 5.61. The second-order valence-corrected chi connectivity index (χ2v) is 3.87. The van der Waals surface area contributed by atoms with Crippen LogP contribution in [-0.4, -0.2) is 19.3 Å². The van der Waals surface area contributed by atoms with Gasteiger partial charge in [-0.2, -0.15) is 5.26 Å². The van der Waals surface area contributed by atoms with Crippen LogP contribution >= 0.6 is 0 Å². The molecule has 0 amide bonds. The van der Waals surface area contributed by atoms with Crippen LogP contribution in [0.3, 0.4) is 0 Å². The van der Waals surface area contributed by atoms with Crippen molar-refractivity contribution in [3.8, 4) is 6.07 Å². The fourth-order valence-corrected chi connectivity index (χ4v) is 1.44. The lowest BCUT2D eigenvalue weighted by atomic mass is 10.1. The fraction of sp³-hybridized carbons (Fsp3) is 0.462. The average Bonchev–Trinajstić information content (AvgIpc) is 2.34. The molecule has 3 nitrogen and oxygen atoms in total. The van der Waals surface area contributed by atoms with E-state index in [1.165, 1.54) is 12.1 Å². The second kappa shape index (κ2) is 7.00. The molecule has 1 rings (SSSR count). The molecule has 0 aromatic heterocycles. The lowest BCUT2D eigenvalue weighted by Crippen LogP contribution is -2.24. The van der Waals surface area contributed by atoms with Gasteiger partial charge in [0, 0.05) is 12.6 Å². The number of hydrogen-bond donors (Lipinski definition) is 1. The number of halogens is 1. The van der Waals surface area contributed by atoms with E-state index in [-0.39, 0.29) is 18.0 Å². The monoisotopic (exact) mass is 236 g/mol. The smallest absolute Gasteiger partial charge is 0.141 e. The Morgan fingerprint density at radius 2 is 2.24 bits per heavy atom. The molecule has 4 heteroatoms. The zero-order chi connectivity index (χ0) is 12.7. The molecule has 2 atom stereocenters. The highest BCUT2D eigenvalue weighted by Gasteiger charge is 2.05. The average molecular weight is 236 g/mol. The molecule has 0 spiro atoms. The van der Waals surface area contributed by atoms with Gasteiger partial charge in [0.1, 0.15) is 11.9 Å². The van der Waals surface area contributed by atoms with E-state index in [1.807, 2.05) is 19.1 Å². The van der Waals surface area contributed by atoms with Gasteiger partial charge in [0.15, 0.2) is 0 Å². The van der Waals surface area contributed by atoms with Gasteiger partial charge >= 0.3 is 0 Å². The Morgan fingerprint density at radius 1 is 1.47 bits per heavy atom. The van der Waals surface area contributed by atoms with Crippen molar-refractivity contribution in [3.63, 3.8) is 0 Å². The molecule has 0 aliphatic heterocycles. The molecule has 0 fully saturated rings. The number of nitriles is 1. The Bertz CT molecular complexity index is 389. The van der Waals surface area contributed by atoms with Gasteiger partial charge in [-0.05, 0) is 31.5 Å². The van der Waals surface area contributed by atoms with Crippen molar-refractivity contribution >= 4 is 0 Å². The first kappa shape index (κ1) is 13.6. The highest BCUT2D eigenvalue weighted by Crippen LogP contribution is 2.12. The van der Waals surface area contributed by atoms with E-state index in [1.54, 1.807) is 13.0 Å². The van der Waals surface area contributed by atoms with Gasteiger partial charge in [-0.3, -0.25) is 0 Å². The summed E-state index contributed by atoms with van der Waals surface area (Å²) in [6.45, 7) is 4.76. The molecule has 1 N–H and O–H groups in total. The number of ether oxygens (including phenoxy) is 1.